The normalized spacial score (nSPS) is 12.6. The van der Waals surface area contributed by atoms with Crippen molar-refractivity contribution in [3.63, 3.8) is 0 Å². The number of carbonyl (C=O) groups is 1. The molecule has 1 aromatic carbocycles. The summed E-state index contributed by atoms with van der Waals surface area (Å²) >= 11 is 3.35. The lowest BCUT2D eigenvalue weighted by atomic mass is 10.2. The molecular formula is C15H23BrN4O2. The van der Waals surface area contributed by atoms with Crippen molar-refractivity contribution in [1.82, 2.24) is 16.0 Å². The molecule has 0 bridgehead atoms. The highest BCUT2D eigenvalue weighted by atomic mass is 79.9. The second kappa shape index (κ2) is 10.2. The maximum absolute atomic E-state index is 12.0. The van der Waals surface area contributed by atoms with Crippen molar-refractivity contribution in [3.05, 3.63) is 34.3 Å². The van der Waals surface area contributed by atoms with Crippen LogP contribution in [0.25, 0.3) is 0 Å². The van der Waals surface area contributed by atoms with Gasteiger partial charge >= 0.3 is 0 Å². The summed E-state index contributed by atoms with van der Waals surface area (Å²) in [4.78, 5) is 16.1. The first-order valence-corrected chi connectivity index (χ1v) is 7.86. The van der Waals surface area contributed by atoms with Gasteiger partial charge in [-0.2, -0.15) is 0 Å². The molecule has 0 fully saturated rings. The SMILES string of the molecule is CN=C(NCCNC(=O)c1cccc(Br)c1)NC(C)COC. The highest BCUT2D eigenvalue weighted by Gasteiger charge is 2.06. The van der Waals surface area contributed by atoms with E-state index in [0.717, 1.165) is 4.47 Å². The highest BCUT2D eigenvalue weighted by Crippen LogP contribution is 2.11. The van der Waals surface area contributed by atoms with Crippen molar-refractivity contribution in [1.29, 1.82) is 0 Å². The summed E-state index contributed by atoms with van der Waals surface area (Å²) in [7, 11) is 3.36. The molecule has 0 saturated heterocycles. The number of nitrogens with zero attached hydrogens (tertiary/aromatic N) is 1. The summed E-state index contributed by atoms with van der Waals surface area (Å²) in [6, 6.07) is 7.44. The first-order valence-electron chi connectivity index (χ1n) is 7.06. The standard InChI is InChI=1S/C15H23BrN4O2/c1-11(10-22-3)20-15(17-2)19-8-7-18-14(21)12-5-4-6-13(16)9-12/h4-6,9,11H,7-8,10H2,1-3H3,(H,18,21)(H2,17,19,20). The van der Waals surface area contributed by atoms with Gasteiger partial charge in [0.05, 0.1) is 6.61 Å². The fourth-order valence-electron chi connectivity index (χ4n) is 1.81. The predicted octanol–water partition coefficient (Wildman–Crippen LogP) is 1.38. The van der Waals surface area contributed by atoms with Crippen LogP contribution in [0.15, 0.2) is 33.7 Å². The smallest absolute Gasteiger partial charge is 0.251 e. The number of amides is 1. The van der Waals surface area contributed by atoms with Crippen molar-refractivity contribution < 1.29 is 9.53 Å². The third-order valence-corrected chi connectivity index (χ3v) is 3.31. The maximum atomic E-state index is 12.0. The first kappa shape index (κ1) is 18.4. The van der Waals surface area contributed by atoms with Crippen molar-refractivity contribution in [2.24, 2.45) is 4.99 Å². The van der Waals surface area contributed by atoms with Crippen LogP contribution in [0.1, 0.15) is 17.3 Å². The first-order chi connectivity index (χ1) is 10.6. The quantitative estimate of drug-likeness (QED) is 0.385. The average molecular weight is 371 g/mol. The van der Waals surface area contributed by atoms with Crippen LogP contribution in [-0.4, -0.2) is 51.8 Å². The lowest BCUT2D eigenvalue weighted by Gasteiger charge is -2.17. The number of benzene rings is 1. The average Bonchev–Trinajstić information content (AvgIpc) is 2.50. The van der Waals surface area contributed by atoms with Crippen LogP contribution < -0.4 is 16.0 Å². The molecule has 0 aliphatic heterocycles. The summed E-state index contributed by atoms with van der Waals surface area (Å²) in [5.41, 5.74) is 0.630. The molecule has 7 heteroatoms. The van der Waals surface area contributed by atoms with Crippen molar-refractivity contribution >= 4 is 27.8 Å². The number of hydrogen-bond donors (Lipinski definition) is 3. The Morgan fingerprint density at radius 2 is 2.09 bits per heavy atom. The molecule has 0 spiro atoms. The second-order valence-electron chi connectivity index (χ2n) is 4.77. The molecule has 0 aromatic heterocycles. The number of halogens is 1. The van der Waals surface area contributed by atoms with Crippen molar-refractivity contribution in [2.45, 2.75) is 13.0 Å². The van der Waals surface area contributed by atoms with E-state index in [1.54, 1.807) is 26.3 Å². The minimum atomic E-state index is -0.0983. The monoisotopic (exact) mass is 370 g/mol. The molecular weight excluding hydrogens is 348 g/mol. The van der Waals surface area contributed by atoms with E-state index in [1.807, 2.05) is 19.1 Å². The zero-order valence-corrected chi connectivity index (χ0v) is 14.7. The van der Waals surface area contributed by atoms with Gasteiger partial charge in [-0.15, -0.1) is 0 Å². The third-order valence-electron chi connectivity index (χ3n) is 2.81. The van der Waals surface area contributed by atoms with E-state index >= 15 is 0 Å². The van der Waals surface area contributed by atoms with Crippen LogP contribution >= 0.6 is 15.9 Å². The molecule has 1 unspecified atom stereocenters. The zero-order chi connectivity index (χ0) is 16.4. The van der Waals surface area contributed by atoms with Crippen LogP contribution in [0.4, 0.5) is 0 Å². The third kappa shape index (κ3) is 6.91. The van der Waals surface area contributed by atoms with Gasteiger partial charge in [-0.25, -0.2) is 0 Å². The molecule has 0 heterocycles. The number of ether oxygens (including phenoxy) is 1. The summed E-state index contributed by atoms with van der Waals surface area (Å²) in [6.07, 6.45) is 0. The molecule has 3 N–H and O–H groups in total. The highest BCUT2D eigenvalue weighted by molar-refractivity contribution is 9.10. The van der Waals surface area contributed by atoms with Crippen molar-refractivity contribution in [3.8, 4) is 0 Å². The lowest BCUT2D eigenvalue weighted by molar-refractivity contribution is 0.0954. The van der Waals surface area contributed by atoms with Gasteiger partial charge in [-0.05, 0) is 25.1 Å². The predicted molar refractivity (Wildman–Crippen MR) is 92.3 cm³/mol. The Kier molecular flexibility index (Phi) is 8.54. The Labute approximate surface area is 139 Å². The maximum Gasteiger partial charge on any atom is 0.251 e. The van der Waals surface area contributed by atoms with Crippen LogP contribution in [-0.2, 0) is 4.74 Å². The molecule has 1 aromatic rings. The van der Waals surface area contributed by atoms with E-state index < -0.39 is 0 Å². The number of rotatable bonds is 7. The van der Waals surface area contributed by atoms with Gasteiger partial charge in [0.2, 0.25) is 0 Å². The van der Waals surface area contributed by atoms with Crippen LogP contribution in [0.5, 0.6) is 0 Å². The van der Waals surface area contributed by atoms with Gasteiger partial charge in [0, 0.05) is 43.3 Å². The molecule has 0 saturated carbocycles. The van der Waals surface area contributed by atoms with Crippen LogP contribution in [0, 0.1) is 0 Å². The Hall–Kier alpha value is -1.60. The zero-order valence-electron chi connectivity index (χ0n) is 13.1. The van der Waals surface area contributed by atoms with E-state index in [4.69, 9.17) is 4.74 Å². The molecule has 0 radical (unpaired) electrons. The molecule has 22 heavy (non-hydrogen) atoms. The molecule has 122 valence electrons. The number of carbonyl (C=O) groups excluding carboxylic acids is 1. The number of hydrogen-bond acceptors (Lipinski definition) is 3. The van der Waals surface area contributed by atoms with E-state index in [0.29, 0.717) is 31.2 Å². The Morgan fingerprint density at radius 3 is 2.73 bits per heavy atom. The van der Waals surface area contributed by atoms with E-state index in [9.17, 15) is 4.79 Å². The van der Waals surface area contributed by atoms with Crippen LogP contribution in [0.2, 0.25) is 0 Å². The van der Waals surface area contributed by atoms with Gasteiger partial charge < -0.3 is 20.7 Å². The van der Waals surface area contributed by atoms with Gasteiger partial charge in [-0.3, -0.25) is 9.79 Å². The van der Waals surface area contributed by atoms with Gasteiger partial charge in [0.25, 0.3) is 5.91 Å². The molecule has 1 amide bonds. The lowest BCUT2D eigenvalue weighted by Crippen LogP contribution is -2.46. The largest absolute Gasteiger partial charge is 0.383 e. The van der Waals surface area contributed by atoms with Gasteiger partial charge in [0.15, 0.2) is 5.96 Å². The number of aliphatic imine (C=N–C) groups is 1. The van der Waals surface area contributed by atoms with E-state index in [2.05, 4.69) is 36.9 Å². The van der Waals surface area contributed by atoms with Gasteiger partial charge in [-0.1, -0.05) is 22.0 Å². The van der Waals surface area contributed by atoms with E-state index in [1.165, 1.54) is 0 Å². The summed E-state index contributed by atoms with van der Waals surface area (Å²) in [6.45, 7) is 3.69. The molecule has 6 nitrogen and oxygen atoms in total. The van der Waals surface area contributed by atoms with Crippen molar-refractivity contribution in [2.75, 3.05) is 33.9 Å². The van der Waals surface area contributed by atoms with Gasteiger partial charge in [0.1, 0.15) is 0 Å². The Bertz CT molecular complexity index is 508. The molecule has 1 rings (SSSR count). The number of nitrogens with one attached hydrogen (secondary N) is 3. The van der Waals surface area contributed by atoms with Crippen LogP contribution in [0.3, 0.4) is 0 Å². The fraction of sp³-hybridized carbons (Fsp3) is 0.467. The topological polar surface area (TPSA) is 74.8 Å². The molecule has 1 atom stereocenters. The minimum Gasteiger partial charge on any atom is -0.383 e. The summed E-state index contributed by atoms with van der Waals surface area (Å²) in [5, 5.41) is 9.18. The Morgan fingerprint density at radius 1 is 1.36 bits per heavy atom. The summed E-state index contributed by atoms with van der Waals surface area (Å²) < 4.78 is 5.94. The van der Waals surface area contributed by atoms with E-state index in [-0.39, 0.29) is 11.9 Å². The fourth-order valence-corrected chi connectivity index (χ4v) is 2.21. The number of methoxy groups -OCH3 is 1. The number of guanidine groups is 1. The second-order valence-corrected chi connectivity index (χ2v) is 5.68. The summed E-state index contributed by atoms with van der Waals surface area (Å²) in [5.74, 6) is 0.583. The Balaban J connectivity index is 2.30. The molecule has 0 aliphatic rings. The minimum absolute atomic E-state index is 0.0983. The molecule has 0 aliphatic carbocycles.